The summed E-state index contributed by atoms with van der Waals surface area (Å²) < 4.78 is 23.5. The molecule has 1 atom stereocenters. The van der Waals surface area contributed by atoms with Crippen LogP contribution in [-0.2, 0) is 9.84 Å². The molecule has 4 aromatic rings. The number of ketones is 1. The number of sulfone groups is 1. The van der Waals surface area contributed by atoms with Gasteiger partial charge < -0.3 is 0 Å². The van der Waals surface area contributed by atoms with E-state index in [9.17, 15) is 13.2 Å². The molecule has 4 rings (SSSR count). The number of hydrogen-bond acceptors (Lipinski definition) is 4. The Balaban J connectivity index is 1.70. The molecule has 0 saturated carbocycles. The molecule has 1 heterocycles. The summed E-state index contributed by atoms with van der Waals surface area (Å²) in [7, 11) is -3.24. The fourth-order valence-electron chi connectivity index (χ4n) is 3.78. The first-order valence-corrected chi connectivity index (χ1v) is 12.2. The molecule has 160 valence electrons. The quantitative estimate of drug-likeness (QED) is 0.352. The summed E-state index contributed by atoms with van der Waals surface area (Å²) in [6, 6.07) is 28.4. The summed E-state index contributed by atoms with van der Waals surface area (Å²) in [4.78, 5) is 17.3. The van der Waals surface area contributed by atoms with Crippen LogP contribution in [0.4, 0.5) is 0 Å². The van der Waals surface area contributed by atoms with Gasteiger partial charge in [-0.15, -0.1) is 0 Å². The third-order valence-electron chi connectivity index (χ3n) is 5.50. The molecule has 32 heavy (non-hydrogen) atoms. The van der Waals surface area contributed by atoms with Gasteiger partial charge in [0.1, 0.15) is 0 Å². The van der Waals surface area contributed by atoms with Gasteiger partial charge in [-0.05, 0) is 46.5 Å². The first-order chi connectivity index (χ1) is 15.4. The first-order valence-electron chi connectivity index (χ1n) is 10.3. The third kappa shape index (κ3) is 5.01. The van der Waals surface area contributed by atoms with Gasteiger partial charge in [-0.1, -0.05) is 66.7 Å². The number of pyridine rings is 1. The molecule has 0 aliphatic heterocycles. The Morgan fingerprint density at radius 3 is 2.09 bits per heavy atom. The summed E-state index contributed by atoms with van der Waals surface area (Å²) in [5.74, 6) is -0.0451. The van der Waals surface area contributed by atoms with Crippen molar-refractivity contribution in [1.29, 1.82) is 0 Å². The van der Waals surface area contributed by atoms with Gasteiger partial charge in [-0.3, -0.25) is 9.78 Å². The molecule has 0 amide bonds. The molecular weight excluding hydrogens is 418 g/mol. The Labute approximate surface area is 188 Å². The van der Waals surface area contributed by atoms with Crippen LogP contribution in [0.2, 0.25) is 0 Å². The second kappa shape index (κ2) is 9.28. The largest absolute Gasteiger partial charge is 0.294 e. The molecule has 0 aliphatic carbocycles. The maximum atomic E-state index is 13.0. The van der Waals surface area contributed by atoms with E-state index in [4.69, 9.17) is 0 Å². The molecule has 0 N–H and O–H groups in total. The molecular formula is C27H23NO3S. The Bertz CT molecular complexity index is 1320. The molecule has 0 aliphatic rings. The molecule has 0 saturated heterocycles. The van der Waals surface area contributed by atoms with Crippen LogP contribution in [0.1, 0.15) is 33.8 Å². The highest BCUT2D eigenvalue weighted by Crippen LogP contribution is 2.32. The summed E-state index contributed by atoms with van der Waals surface area (Å²) in [6.45, 7) is 0. The molecule has 1 aromatic heterocycles. The fourth-order valence-corrected chi connectivity index (χ4v) is 4.41. The van der Waals surface area contributed by atoms with Gasteiger partial charge in [0.25, 0.3) is 0 Å². The second-order valence-corrected chi connectivity index (χ2v) is 9.76. The Morgan fingerprint density at radius 2 is 1.44 bits per heavy atom. The minimum absolute atomic E-state index is 0.0594. The van der Waals surface area contributed by atoms with E-state index < -0.39 is 9.84 Å². The van der Waals surface area contributed by atoms with Gasteiger partial charge in [0.15, 0.2) is 15.6 Å². The van der Waals surface area contributed by atoms with Crippen molar-refractivity contribution in [2.45, 2.75) is 17.2 Å². The molecule has 0 fully saturated rings. The zero-order valence-electron chi connectivity index (χ0n) is 17.7. The molecule has 1 unspecified atom stereocenters. The molecule has 5 heteroatoms. The van der Waals surface area contributed by atoms with Crippen molar-refractivity contribution in [3.63, 3.8) is 0 Å². The van der Waals surface area contributed by atoms with Crippen molar-refractivity contribution < 1.29 is 13.2 Å². The zero-order valence-corrected chi connectivity index (χ0v) is 18.5. The predicted octanol–water partition coefficient (Wildman–Crippen LogP) is 5.56. The number of rotatable bonds is 7. The van der Waals surface area contributed by atoms with Crippen LogP contribution in [0.25, 0.3) is 11.1 Å². The van der Waals surface area contributed by atoms with E-state index in [1.807, 2.05) is 60.7 Å². The number of hydrogen-bond donors (Lipinski definition) is 0. The average Bonchev–Trinajstić information content (AvgIpc) is 2.83. The fraction of sp³-hybridized carbons (Fsp3) is 0.111. The molecule has 0 bridgehead atoms. The minimum Gasteiger partial charge on any atom is -0.294 e. The molecule has 4 nitrogen and oxygen atoms in total. The van der Waals surface area contributed by atoms with Crippen molar-refractivity contribution in [1.82, 2.24) is 4.98 Å². The van der Waals surface area contributed by atoms with E-state index in [1.165, 1.54) is 6.26 Å². The molecule has 0 spiro atoms. The van der Waals surface area contributed by atoms with E-state index in [0.717, 1.165) is 22.3 Å². The molecule has 0 radical (unpaired) electrons. The van der Waals surface area contributed by atoms with Crippen LogP contribution in [0.3, 0.4) is 0 Å². The number of benzene rings is 3. The summed E-state index contributed by atoms with van der Waals surface area (Å²) in [6.07, 6.45) is 4.80. The smallest absolute Gasteiger partial charge is 0.175 e. The SMILES string of the molecule is CS(=O)(=O)c1ccc(-c2cccc(C(CC(=O)c3ccncc3)c3ccccc3)c2)cc1. The number of Topliss-reactive ketones (excluding diaryl/α,β-unsaturated/α-hetero) is 1. The maximum Gasteiger partial charge on any atom is 0.175 e. The predicted molar refractivity (Wildman–Crippen MR) is 126 cm³/mol. The van der Waals surface area contributed by atoms with Gasteiger partial charge in [-0.2, -0.15) is 0 Å². The number of nitrogens with zero attached hydrogens (tertiary/aromatic N) is 1. The van der Waals surface area contributed by atoms with Crippen LogP contribution < -0.4 is 0 Å². The zero-order chi connectivity index (χ0) is 22.6. The lowest BCUT2D eigenvalue weighted by atomic mass is 9.85. The normalized spacial score (nSPS) is 12.3. The summed E-state index contributed by atoms with van der Waals surface area (Å²) >= 11 is 0. The average molecular weight is 442 g/mol. The van der Waals surface area contributed by atoms with E-state index in [0.29, 0.717) is 16.9 Å². The van der Waals surface area contributed by atoms with Gasteiger partial charge >= 0.3 is 0 Å². The van der Waals surface area contributed by atoms with Crippen molar-refractivity contribution in [3.05, 3.63) is 120 Å². The highest BCUT2D eigenvalue weighted by atomic mass is 32.2. The highest BCUT2D eigenvalue weighted by molar-refractivity contribution is 7.90. The monoisotopic (exact) mass is 441 g/mol. The summed E-state index contributed by atoms with van der Waals surface area (Å²) in [5.41, 5.74) is 4.64. The van der Waals surface area contributed by atoms with Crippen LogP contribution in [0, 0.1) is 0 Å². The van der Waals surface area contributed by atoms with Crippen molar-refractivity contribution in [2.24, 2.45) is 0 Å². The van der Waals surface area contributed by atoms with Crippen LogP contribution >= 0.6 is 0 Å². The maximum absolute atomic E-state index is 13.0. The minimum atomic E-state index is -3.24. The lowest BCUT2D eigenvalue weighted by molar-refractivity contribution is 0.0977. The number of carbonyl (C=O) groups excluding carboxylic acids is 1. The summed E-state index contributed by atoms with van der Waals surface area (Å²) in [5, 5.41) is 0. The van der Waals surface area contributed by atoms with Gasteiger partial charge in [-0.25, -0.2) is 8.42 Å². The van der Waals surface area contributed by atoms with Crippen molar-refractivity contribution in [3.8, 4) is 11.1 Å². The van der Waals surface area contributed by atoms with E-state index in [-0.39, 0.29) is 11.7 Å². The van der Waals surface area contributed by atoms with E-state index in [2.05, 4.69) is 11.1 Å². The van der Waals surface area contributed by atoms with Crippen LogP contribution in [-0.4, -0.2) is 25.4 Å². The Hall–Kier alpha value is -3.57. The van der Waals surface area contributed by atoms with Gasteiger partial charge in [0.05, 0.1) is 4.90 Å². The Morgan fingerprint density at radius 1 is 0.781 bits per heavy atom. The topological polar surface area (TPSA) is 64.1 Å². The first kappa shape index (κ1) is 21.7. The Kier molecular flexibility index (Phi) is 6.28. The second-order valence-electron chi connectivity index (χ2n) is 7.75. The molecule has 3 aromatic carbocycles. The van der Waals surface area contributed by atoms with Crippen molar-refractivity contribution >= 4 is 15.6 Å². The standard InChI is InChI=1S/C27H23NO3S/c1-32(30,31)25-12-10-20(11-13-25)23-8-5-9-24(18-23)26(21-6-3-2-4-7-21)19-27(29)22-14-16-28-17-15-22/h2-18,26H,19H2,1H3. The lowest BCUT2D eigenvalue weighted by Gasteiger charge is -2.19. The highest BCUT2D eigenvalue weighted by Gasteiger charge is 2.20. The number of carbonyl (C=O) groups is 1. The third-order valence-corrected chi connectivity index (χ3v) is 6.63. The van der Waals surface area contributed by atoms with Crippen LogP contribution in [0.15, 0.2) is 108 Å². The number of aromatic nitrogens is 1. The van der Waals surface area contributed by atoms with E-state index >= 15 is 0 Å². The van der Waals surface area contributed by atoms with Gasteiger partial charge in [0.2, 0.25) is 0 Å². The van der Waals surface area contributed by atoms with Crippen LogP contribution in [0.5, 0.6) is 0 Å². The lowest BCUT2D eigenvalue weighted by Crippen LogP contribution is -2.09. The van der Waals surface area contributed by atoms with Gasteiger partial charge in [0, 0.05) is 36.6 Å². The van der Waals surface area contributed by atoms with E-state index in [1.54, 1.807) is 36.7 Å². The van der Waals surface area contributed by atoms with Crippen molar-refractivity contribution in [2.75, 3.05) is 6.26 Å².